The Balaban J connectivity index is 2.01. The summed E-state index contributed by atoms with van der Waals surface area (Å²) < 4.78 is 7.22. The third-order valence-electron chi connectivity index (χ3n) is 3.36. The molecule has 0 spiro atoms. The molecule has 0 aromatic carbocycles. The average Bonchev–Trinajstić information content (AvgIpc) is 2.96. The molecule has 4 N–H and O–H groups in total. The van der Waals surface area contributed by atoms with Crippen molar-refractivity contribution in [3.05, 3.63) is 11.6 Å². The number of rotatable bonds is 3. The Kier molecular flexibility index (Phi) is 3.93. The molecule has 8 nitrogen and oxygen atoms in total. The van der Waals surface area contributed by atoms with E-state index in [1.54, 1.807) is 0 Å². The maximum Gasteiger partial charge on any atom is 0.226 e. The van der Waals surface area contributed by atoms with Crippen LogP contribution in [0.3, 0.4) is 0 Å². The molecule has 0 bridgehead atoms. The van der Waals surface area contributed by atoms with E-state index in [-0.39, 0.29) is 11.1 Å². The van der Waals surface area contributed by atoms with Crippen LogP contribution in [0.15, 0.2) is 6.33 Å². The Bertz CT molecular complexity index is 669. The van der Waals surface area contributed by atoms with Gasteiger partial charge in [0, 0.05) is 5.75 Å². The van der Waals surface area contributed by atoms with Crippen LogP contribution in [0.4, 0.5) is 5.82 Å². The number of fused-ring (bicyclic) bond motifs is 1. The van der Waals surface area contributed by atoms with Crippen molar-refractivity contribution in [3.63, 3.8) is 0 Å². The zero-order valence-corrected chi connectivity index (χ0v) is 12.6. The molecule has 21 heavy (non-hydrogen) atoms. The van der Waals surface area contributed by atoms with Gasteiger partial charge in [-0.1, -0.05) is 0 Å². The molecular weight excluding hydrogens is 318 g/mol. The third kappa shape index (κ3) is 2.44. The summed E-state index contributed by atoms with van der Waals surface area (Å²) in [4.78, 5) is 12.0. The van der Waals surface area contributed by atoms with Crippen molar-refractivity contribution in [2.24, 2.45) is 0 Å². The summed E-state index contributed by atoms with van der Waals surface area (Å²) in [7, 11) is 0. The SMILES string of the molecule is CSC[C@H]1O[C@@H](n2cnc3c(N)nc(Cl)nc32)C(O)[C@@H]1O. The lowest BCUT2D eigenvalue weighted by Crippen LogP contribution is -2.32. The van der Waals surface area contributed by atoms with Crippen LogP contribution in [0.2, 0.25) is 5.28 Å². The van der Waals surface area contributed by atoms with E-state index >= 15 is 0 Å². The number of aromatic nitrogens is 4. The van der Waals surface area contributed by atoms with Crippen LogP contribution in [-0.2, 0) is 4.74 Å². The van der Waals surface area contributed by atoms with Crippen LogP contribution in [0.25, 0.3) is 11.2 Å². The quantitative estimate of drug-likeness (QED) is 0.675. The molecule has 2 aromatic heterocycles. The molecule has 10 heteroatoms. The molecule has 3 rings (SSSR count). The fourth-order valence-corrected chi connectivity index (χ4v) is 3.13. The van der Waals surface area contributed by atoms with E-state index < -0.39 is 24.5 Å². The summed E-state index contributed by atoms with van der Waals surface area (Å²) in [6.07, 6.45) is 0.00760. The fraction of sp³-hybridized carbons (Fsp3) is 0.545. The lowest BCUT2D eigenvalue weighted by atomic mass is 10.1. The van der Waals surface area contributed by atoms with Crippen LogP contribution < -0.4 is 5.73 Å². The zero-order chi connectivity index (χ0) is 15.1. The molecule has 4 atom stereocenters. The number of nitrogens with zero attached hydrogens (tertiary/aromatic N) is 4. The first-order chi connectivity index (χ1) is 10.0. The number of thioether (sulfide) groups is 1. The van der Waals surface area contributed by atoms with Crippen molar-refractivity contribution in [1.29, 1.82) is 0 Å². The number of hydrogen-bond acceptors (Lipinski definition) is 8. The molecule has 0 saturated carbocycles. The van der Waals surface area contributed by atoms with E-state index in [1.165, 1.54) is 22.7 Å². The minimum atomic E-state index is -1.09. The number of hydrogen-bond donors (Lipinski definition) is 3. The van der Waals surface area contributed by atoms with Gasteiger partial charge in [0.05, 0.1) is 12.4 Å². The standard InChI is InChI=1S/C11H14ClN5O3S/c1-21-2-4-6(18)7(19)10(20-4)17-3-14-5-8(13)15-11(12)16-9(5)17/h3-4,6-7,10,18-19H,2H2,1H3,(H2,13,15,16)/t4-,6-,7?,10-/m1/s1. The summed E-state index contributed by atoms with van der Waals surface area (Å²) in [5.74, 6) is 0.719. The Morgan fingerprint density at radius 1 is 1.43 bits per heavy atom. The van der Waals surface area contributed by atoms with Gasteiger partial charge in [-0.25, -0.2) is 4.98 Å². The summed E-state index contributed by atoms with van der Waals surface area (Å²) in [6, 6.07) is 0. The van der Waals surface area contributed by atoms with Crippen molar-refractivity contribution >= 4 is 40.3 Å². The first-order valence-corrected chi connectivity index (χ1v) is 7.96. The van der Waals surface area contributed by atoms with Crippen LogP contribution >= 0.6 is 23.4 Å². The van der Waals surface area contributed by atoms with Gasteiger partial charge >= 0.3 is 0 Å². The van der Waals surface area contributed by atoms with Gasteiger partial charge in [-0.05, 0) is 17.9 Å². The molecular formula is C11H14ClN5O3S. The molecule has 0 aliphatic carbocycles. The number of halogens is 1. The lowest BCUT2D eigenvalue weighted by Gasteiger charge is -2.16. The van der Waals surface area contributed by atoms with E-state index in [9.17, 15) is 10.2 Å². The number of nitrogen functional groups attached to an aromatic ring is 1. The predicted octanol–water partition coefficient (Wildman–Crippen LogP) is 0.0441. The molecule has 0 amide bonds. The Morgan fingerprint density at radius 2 is 2.19 bits per heavy atom. The highest BCUT2D eigenvalue weighted by Crippen LogP contribution is 2.33. The molecule has 1 fully saturated rings. The van der Waals surface area contributed by atoms with Crippen LogP contribution in [0.5, 0.6) is 0 Å². The van der Waals surface area contributed by atoms with Gasteiger partial charge in [0.15, 0.2) is 17.7 Å². The normalized spacial score (nSPS) is 29.3. The maximum atomic E-state index is 10.2. The summed E-state index contributed by atoms with van der Waals surface area (Å²) in [5, 5.41) is 20.2. The van der Waals surface area contributed by atoms with Gasteiger partial charge in [-0.2, -0.15) is 21.7 Å². The van der Waals surface area contributed by atoms with E-state index in [0.717, 1.165) is 0 Å². The minimum Gasteiger partial charge on any atom is -0.387 e. The second-order valence-corrected chi connectivity index (χ2v) is 5.95. The van der Waals surface area contributed by atoms with E-state index in [1.807, 2.05) is 6.26 Å². The minimum absolute atomic E-state index is 0.0181. The molecule has 1 aliphatic heterocycles. The van der Waals surface area contributed by atoms with E-state index in [2.05, 4.69) is 15.0 Å². The van der Waals surface area contributed by atoms with Gasteiger partial charge in [0.25, 0.3) is 0 Å². The average molecular weight is 332 g/mol. The number of ether oxygens (including phenoxy) is 1. The maximum absolute atomic E-state index is 10.2. The van der Waals surface area contributed by atoms with Gasteiger partial charge in [0.1, 0.15) is 17.7 Å². The molecule has 114 valence electrons. The summed E-state index contributed by atoms with van der Waals surface area (Å²) in [6.45, 7) is 0. The predicted molar refractivity (Wildman–Crippen MR) is 79.1 cm³/mol. The number of aliphatic hydroxyl groups is 2. The molecule has 1 aliphatic rings. The van der Waals surface area contributed by atoms with Gasteiger partial charge in [-0.3, -0.25) is 4.57 Å². The largest absolute Gasteiger partial charge is 0.387 e. The molecule has 1 saturated heterocycles. The van der Waals surface area contributed by atoms with Crippen LogP contribution in [0.1, 0.15) is 6.23 Å². The highest BCUT2D eigenvalue weighted by molar-refractivity contribution is 7.98. The van der Waals surface area contributed by atoms with Crippen molar-refractivity contribution in [2.45, 2.75) is 24.5 Å². The topological polar surface area (TPSA) is 119 Å². The smallest absolute Gasteiger partial charge is 0.226 e. The van der Waals surface area contributed by atoms with Crippen molar-refractivity contribution in [2.75, 3.05) is 17.7 Å². The van der Waals surface area contributed by atoms with E-state index in [0.29, 0.717) is 16.9 Å². The van der Waals surface area contributed by atoms with Crippen molar-refractivity contribution < 1.29 is 14.9 Å². The highest BCUT2D eigenvalue weighted by atomic mass is 35.5. The van der Waals surface area contributed by atoms with Crippen molar-refractivity contribution in [3.8, 4) is 0 Å². The Labute approximate surface area is 129 Å². The second-order valence-electron chi connectivity index (χ2n) is 4.70. The molecule has 3 heterocycles. The highest BCUT2D eigenvalue weighted by Gasteiger charge is 2.44. The first kappa shape index (κ1) is 14.8. The number of aliphatic hydroxyl groups excluding tert-OH is 2. The zero-order valence-electron chi connectivity index (χ0n) is 11.0. The Morgan fingerprint density at radius 3 is 2.90 bits per heavy atom. The first-order valence-electron chi connectivity index (χ1n) is 6.19. The number of anilines is 1. The summed E-state index contributed by atoms with van der Waals surface area (Å²) in [5.41, 5.74) is 6.47. The van der Waals surface area contributed by atoms with E-state index in [4.69, 9.17) is 22.1 Å². The monoisotopic (exact) mass is 331 g/mol. The Hall–Kier alpha value is -1.13. The van der Waals surface area contributed by atoms with Crippen LogP contribution in [-0.4, -0.2) is 60.1 Å². The number of nitrogens with two attached hydrogens (primary N) is 1. The molecule has 1 unspecified atom stereocenters. The third-order valence-corrected chi connectivity index (χ3v) is 4.19. The van der Waals surface area contributed by atoms with Gasteiger partial charge in [-0.15, -0.1) is 0 Å². The fourth-order valence-electron chi connectivity index (χ4n) is 2.36. The van der Waals surface area contributed by atoms with Gasteiger partial charge in [0.2, 0.25) is 5.28 Å². The number of imidazole rings is 1. The molecule has 0 radical (unpaired) electrons. The van der Waals surface area contributed by atoms with Crippen LogP contribution in [0, 0.1) is 0 Å². The second kappa shape index (κ2) is 5.58. The summed E-state index contributed by atoms with van der Waals surface area (Å²) >= 11 is 7.33. The van der Waals surface area contributed by atoms with Gasteiger partial charge < -0.3 is 20.7 Å². The lowest BCUT2D eigenvalue weighted by molar-refractivity contribution is -0.0288. The van der Waals surface area contributed by atoms with Crippen molar-refractivity contribution in [1.82, 2.24) is 19.5 Å². The molecule has 2 aromatic rings.